The van der Waals surface area contributed by atoms with Gasteiger partial charge in [0.15, 0.2) is 0 Å². The molecular formula is C6H11N. The third-order valence-corrected chi connectivity index (χ3v) is 1.43. The third kappa shape index (κ3) is 0.829. The Kier molecular flexibility index (Phi) is 1.15. The zero-order valence-electron chi connectivity index (χ0n) is 4.72. The second-order valence-corrected chi connectivity index (χ2v) is 2.22. The fraction of sp³-hybridized carbons (Fsp3) is 0.667. The van der Waals surface area contributed by atoms with Crippen LogP contribution in [0.1, 0.15) is 0 Å². The number of likely N-dealkylation sites (tertiary alicyclic amines) is 1. The lowest BCUT2D eigenvalue weighted by atomic mass is 10.0. The van der Waals surface area contributed by atoms with Gasteiger partial charge in [-0.1, -0.05) is 6.08 Å². The largest absolute Gasteiger partial charge is 0.305 e. The van der Waals surface area contributed by atoms with Crippen LogP contribution in [0, 0.1) is 5.92 Å². The van der Waals surface area contributed by atoms with Crippen LogP contribution in [0.3, 0.4) is 0 Å². The fourth-order valence-electron chi connectivity index (χ4n) is 0.896. The average molecular weight is 97.2 g/mol. The first-order valence-corrected chi connectivity index (χ1v) is 2.64. The van der Waals surface area contributed by atoms with Gasteiger partial charge in [0.25, 0.3) is 0 Å². The van der Waals surface area contributed by atoms with Gasteiger partial charge in [0.05, 0.1) is 0 Å². The first-order valence-electron chi connectivity index (χ1n) is 2.64. The molecule has 0 aliphatic carbocycles. The smallest absolute Gasteiger partial charge is 0.00537 e. The standard InChI is InChI=1S/C6H11N/c1-3-6-4-7(2)5-6/h3,6H,1,4-5H2,2H3. The molecule has 0 aromatic heterocycles. The molecule has 0 aromatic rings. The van der Waals surface area contributed by atoms with Crippen molar-refractivity contribution in [3.8, 4) is 0 Å². The summed E-state index contributed by atoms with van der Waals surface area (Å²) in [7, 11) is 2.12. The molecule has 1 heteroatoms. The molecule has 0 amide bonds. The Hall–Kier alpha value is -0.300. The van der Waals surface area contributed by atoms with Crippen molar-refractivity contribution in [3.63, 3.8) is 0 Å². The number of nitrogens with zero attached hydrogens (tertiary/aromatic N) is 1. The van der Waals surface area contributed by atoms with Crippen molar-refractivity contribution in [1.29, 1.82) is 0 Å². The van der Waals surface area contributed by atoms with Crippen LogP contribution in [0.5, 0.6) is 0 Å². The van der Waals surface area contributed by atoms with Crippen LogP contribution < -0.4 is 0 Å². The Bertz CT molecular complexity index is 72.2. The molecular weight excluding hydrogens is 86.1 g/mol. The van der Waals surface area contributed by atoms with Gasteiger partial charge >= 0.3 is 0 Å². The molecule has 40 valence electrons. The van der Waals surface area contributed by atoms with Gasteiger partial charge in [-0.15, -0.1) is 6.58 Å². The maximum Gasteiger partial charge on any atom is 0.00537 e. The Balaban J connectivity index is 2.17. The van der Waals surface area contributed by atoms with Crippen LogP contribution in [0.15, 0.2) is 12.7 Å². The van der Waals surface area contributed by atoms with Gasteiger partial charge in [0.1, 0.15) is 0 Å². The maximum absolute atomic E-state index is 3.69. The highest BCUT2D eigenvalue weighted by Gasteiger charge is 2.18. The summed E-state index contributed by atoms with van der Waals surface area (Å²) in [6.07, 6.45) is 2.03. The van der Waals surface area contributed by atoms with E-state index in [0.717, 1.165) is 5.92 Å². The predicted molar refractivity (Wildman–Crippen MR) is 31.2 cm³/mol. The predicted octanol–water partition coefficient (Wildman–Crippen LogP) is 0.734. The van der Waals surface area contributed by atoms with E-state index < -0.39 is 0 Å². The van der Waals surface area contributed by atoms with Crippen LogP contribution in [0.25, 0.3) is 0 Å². The Morgan fingerprint density at radius 2 is 2.29 bits per heavy atom. The molecule has 1 saturated heterocycles. The lowest BCUT2D eigenvalue weighted by Gasteiger charge is -2.33. The molecule has 1 rings (SSSR count). The van der Waals surface area contributed by atoms with E-state index >= 15 is 0 Å². The lowest BCUT2D eigenvalue weighted by molar-refractivity contribution is 0.170. The molecule has 0 bridgehead atoms. The van der Waals surface area contributed by atoms with Crippen molar-refractivity contribution in [2.45, 2.75) is 0 Å². The molecule has 7 heavy (non-hydrogen) atoms. The fourth-order valence-corrected chi connectivity index (χ4v) is 0.896. The van der Waals surface area contributed by atoms with Gasteiger partial charge in [-0.05, 0) is 7.05 Å². The molecule has 0 radical (unpaired) electrons. The summed E-state index contributed by atoms with van der Waals surface area (Å²) in [5.74, 6) is 0.782. The highest BCUT2D eigenvalue weighted by Crippen LogP contribution is 2.11. The summed E-state index contributed by atoms with van der Waals surface area (Å²) in [5, 5.41) is 0. The molecule has 1 heterocycles. The van der Waals surface area contributed by atoms with Crippen LogP contribution >= 0.6 is 0 Å². The average Bonchev–Trinajstić information content (AvgIpc) is 1.58. The van der Waals surface area contributed by atoms with E-state index in [0.29, 0.717) is 0 Å². The minimum atomic E-state index is 0.782. The van der Waals surface area contributed by atoms with Gasteiger partial charge in [-0.3, -0.25) is 0 Å². The van der Waals surface area contributed by atoms with Crippen LogP contribution in [0.2, 0.25) is 0 Å². The van der Waals surface area contributed by atoms with Crippen LogP contribution in [-0.2, 0) is 0 Å². The Labute approximate surface area is 44.6 Å². The van der Waals surface area contributed by atoms with E-state index in [4.69, 9.17) is 0 Å². The number of rotatable bonds is 1. The molecule has 0 atom stereocenters. The van der Waals surface area contributed by atoms with Gasteiger partial charge < -0.3 is 4.90 Å². The van der Waals surface area contributed by atoms with Gasteiger partial charge in [0, 0.05) is 19.0 Å². The number of hydrogen-bond acceptors (Lipinski definition) is 1. The van der Waals surface area contributed by atoms with Crippen molar-refractivity contribution in [1.82, 2.24) is 4.90 Å². The Morgan fingerprint density at radius 3 is 2.43 bits per heavy atom. The van der Waals surface area contributed by atoms with Crippen LogP contribution in [0.4, 0.5) is 0 Å². The van der Waals surface area contributed by atoms with Crippen molar-refractivity contribution < 1.29 is 0 Å². The molecule has 1 aliphatic heterocycles. The summed E-state index contributed by atoms with van der Waals surface area (Å²) in [4.78, 5) is 2.28. The van der Waals surface area contributed by atoms with Crippen molar-refractivity contribution >= 4 is 0 Å². The molecule has 0 unspecified atom stereocenters. The molecule has 1 fully saturated rings. The zero-order valence-corrected chi connectivity index (χ0v) is 4.72. The van der Waals surface area contributed by atoms with E-state index in [-0.39, 0.29) is 0 Å². The van der Waals surface area contributed by atoms with Gasteiger partial charge in [-0.25, -0.2) is 0 Å². The van der Waals surface area contributed by atoms with E-state index in [2.05, 4.69) is 18.5 Å². The molecule has 1 aliphatic rings. The maximum atomic E-state index is 3.69. The normalized spacial score (nSPS) is 24.1. The Morgan fingerprint density at radius 1 is 1.71 bits per heavy atom. The van der Waals surface area contributed by atoms with Crippen molar-refractivity contribution in [2.75, 3.05) is 20.1 Å². The summed E-state index contributed by atoms with van der Waals surface area (Å²) in [5.41, 5.74) is 0. The summed E-state index contributed by atoms with van der Waals surface area (Å²) >= 11 is 0. The molecule has 0 aromatic carbocycles. The van der Waals surface area contributed by atoms with E-state index in [1.807, 2.05) is 6.08 Å². The minimum absolute atomic E-state index is 0.782. The monoisotopic (exact) mass is 97.1 g/mol. The second-order valence-electron chi connectivity index (χ2n) is 2.22. The molecule has 0 saturated carbocycles. The minimum Gasteiger partial charge on any atom is -0.305 e. The molecule has 1 nitrogen and oxygen atoms in total. The molecule has 0 N–H and O–H groups in total. The van der Waals surface area contributed by atoms with E-state index in [1.54, 1.807) is 0 Å². The summed E-state index contributed by atoms with van der Waals surface area (Å²) in [6, 6.07) is 0. The highest BCUT2D eigenvalue weighted by molar-refractivity contribution is 4.89. The zero-order chi connectivity index (χ0) is 5.28. The number of hydrogen-bond donors (Lipinski definition) is 0. The van der Waals surface area contributed by atoms with Gasteiger partial charge in [-0.2, -0.15) is 0 Å². The van der Waals surface area contributed by atoms with Crippen molar-refractivity contribution in [2.24, 2.45) is 5.92 Å². The SMILES string of the molecule is C=CC1CN(C)C1. The van der Waals surface area contributed by atoms with E-state index in [1.165, 1.54) is 13.1 Å². The van der Waals surface area contributed by atoms with E-state index in [9.17, 15) is 0 Å². The lowest BCUT2D eigenvalue weighted by Crippen LogP contribution is -2.42. The highest BCUT2D eigenvalue weighted by atomic mass is 15.2. The van der Waals surface area contributed by atoms with Gasteiger partial charge in [0.2, 0.25) is 0 Å². The molecule has 0 spiro atoms. The first kappa shape index (κ1) is 4.85. The summed E-state index contributed by atoms with van der Waals surface area (Å²) in [6.45, 7) is 6.11. The first-order chi connectivity index (χ1) is 3.33. The second kappa shape index (κ2) is 1.66. The van der Waals surface area contributed by atoms with Crippen LogP contribution in [-0.4, -0.2) is 25.0 Å². The topological polar surface area (TPSA) is 3.24 Å². The third-order valence-electron chi connectivity index (χ3n) is 1.43. The summed E-state index contributed by atoms with van der Waals surface area (Å²) < 4.78 is 0. The quantitative estimate of drug-likeness (QED) is 0.436. The van der Waals surface area contributed by atoms with Crippen molar-refractivity contribution in [3.05, 3.63) is 12.7 Å².